The van der Waals surface area contributed by atoms with Gasteiger partial charge in [-0.05, 0) is 36.4 Å². The average Bonchev–Trinajstić information content (AvgIpc) is 3.36. The summed E-state index contributed by atoms with van der Waals surface area (Å²) in [5.41, 5.74) is 1.07. The molecule has 11 heteroatoms. The van der Waals surface area contributed by atoms with Crippen LogP contribution >= 0.6 is 23.1 Å². The number of nitrogens with one attached hydrogen (secondary N) is 1. The molecule has 2 heterocycles. The summed E-state index contributed by atoms with van der Waals surface area (Å²) in [6.45, 7) is 0. The molecule has 5 rings (SSSR count). The smallest absolute Gasteiger partial charge is 0.283 e. The molecule has 1 N–H and O–H groups in total. The van der Waals surface area contributed by atoms with E-state index in [1.54, 1.807) is 30.3 Å². The van der Waals surface area contributed by atoms with E-state index in [0.717, 1.165) is 9.60 Å². The summed E-state index contributed by atoms with van der Waals surface area (Å²) in [5, 5.41) is 14.1. The van der Waals surface area contributed by atoms with E-state index in [-0.39, 0.29) is 22.8 Å². The molecule has 0 atom stereocenters. The van der Waals surface area contributed by atoms with Gasteiger partial charge >= 0.3 is 0 Å². The minimum absolute atomic E-state index is 0.00396. The minimum atomic E-state index is -0.733. The maximum absolute atomic E-state index is 12.9. The molecule has 1 aliphatic heterocycles. The van der Waals surface area contributed by atoms with Crippen LogP contribution in [-0.2, 0) is 4.79 Å². The number of thioether (sulfide) groups is 1. The Bertz CT molecular complexity index is 1490. The van der Waals surface area contributed by atoms with Crippen molar-refractivity contribution < 1.29 is 19.3 Å². The van der Waals surface area contributed by atoms with Crippen LogP contribution in [0.25, 0.3) is 10.2 Å². The van der Waals surface area contributed by atoms with Crippen molar-refractivity contribution in [1.82, 2.24) is 4.98 Å². The van der Waals surface area contributed by atoms with E-state index >= 15 is 0 Å². The third kappa shape index (κ3) is 3.91. The quantitative estimate of drug-likeness (QED) is 0.179. The van der Waals surface area contributed by atoms with Crippen molar-refractivity contribution in [2.24, 2.45) is 0 Å². The number of aromatic nitrogens is 1. The summed E-state index contributed by atoms with van der Waals surface area (Å²) in [5.74, 6) is -1.34. The highest BCUT2D eigenvalue weighted by atomic mass is 32.2. The number of carbonyl (C=O) groups is 3. The van der Waals surface area contributed by atoms with Gasteiger partial charge in [-0.1, -0.05) is 36.0 Å². The first-order valence-electron chi connectivity index (χ1n) is 9.97. The number of imide groups is 1. The third-order valence-corrected chi connectivity index (χ3v) is 7.25. The van der Waals surface area contributed by atoms with Crippen LogP contribution in [0.4, 0.5) is 17.1 Å². The molecule has 3 aromatic carbocycles. The van der Waals surface area contributed by atoms with Gasteiger partial charge in [-0.2, -0.15) is 0 Å². The number of nitro groups is 1. The summed E-state index contributed by atoms with van der Waals surface area (Å²) in [4.78, 5) is 54.1. The van der Waals surface area contributed by atoms with E-state index in [4.69, 9.17) is 0 Å². The van der Waals surface area contributed by atoms with Crippen LogP contribution in [0.3, 0.4) is 0 Å². The Balaban J connectivity index is 1.35. The van der Waals surface area contributed by atoms with Gasteiger partial charge in [0.15, 0.2) is 4.34 Å². The minimum Gasteiger partial charge on any atom is -0.325 e. The molecule has 0 fully saturated rings. The summed E-state index contributed by atoms with van der Waals surface area (Å²) in [6, 6.07) is 18.0. The lowest BCUT2D eigenvalue weighted by Crippen LogP contribution is -2.29. The molecular formula is C23H14N4O5S2. The number of benzene rings is 3. The normalized spacial score (nSPS) is 12.8. The molecule has 0 bridgehead atoms. The van der Waals surface area contributed by atoms with Crippen LogP contribution in [0.1, 0.15) is 20.7 Å². The highest BCUT2D eigenvalue weighted by Crippen LogP contribution is 2.37. The fourth-order valence-corrected chi connectivity index (χ4v) is 5.49. The summed E-state index contributed by atoms with van der Waals surface area (Å²) in [7, 11) is 0. The average molecular weight is 491 g/mol. The van der Waals surface area contributed by atoms with E-state index < -0.39 is 22.4 Å². The molecule has 0 saturated carbocycles. The van der Waals surface area contributed by atoms with Crippen molar-refractivity contribution in [3.05, 3.63) is 88.0 Å². The number of para-hydroxylation sites is 1. The van der Waals surface area contributed by atoms with Crippen LogP contribution in [0.15, 0.2) is 71.1 Å². The van der Waals surface area contributed by atoms with Crippen LogP contribution in [0, 0.1) is 10.1 Å². The van der Waals surface area contributed by atoms with Crippen molar-refractivity contribution in [3.63, 3.8) is 0 Å². The molecule has 0 radical (unpaired) electrons. The van der Waals surface area contributed by atoms with Gasteiger partial charge in [-0.15, -0.1) is 11.3 Å². The highest BCUT2D eigenvalue weighted by Gasteiger charge is 2.41. The molecule has 0 aliphatic carbocycles. The van der Waals surface area contributed by atoms with Gasteiger partial charge in [0, 0.05) is 11.8 Å². The van der Waals surface area contributed by atoms with Crippen LogP contribution in [-0.4, -0.2) is 33.4 Å². The number of hydrogen-bond acceptors (Lipinski definition) is 8. The van der Waals surface area contributed by atoms with Crippen molar-refractivity contribution >= 4 is 68.1 Å². The molecule has 3 amide bonds. The molecule has 34 heavy (non-hydrogen) atoms. The fraction of sp³-hybridized carbons (Fsp3) is 0.0435. The summed E-state index contributed by atoms with van der Waals surface area (Å²) >= 11 is 2.61. The van der Waals surface area contributed by atoms with E-state index in [1.807, 2.05) is 18.2 Å². The predicted octanol–water partition coefficient (Wildman–Crippen LogP) is 4.74. The van der Waals surface area contributed by atoms with Crippen molar-refractivity contribution in [3.8, 4) is 0 Å². The van der Waals surface area contributed by atoms with Gasteiger partial charge in [-0.25, -0.2) is 9.88 Å². The van der Waals surface area contributed by atoms with Gasteiger partial charge in [-0.3, -0.25) is 24.5 Å². The molecule has 0 saturated heterocycles. The monoisotopic (exact) mass is 490 g/mol. The predicted molar refractivity (Wildman–Crippen MR) is 130 cm³/mol. The lowest BCUT2D eigenvalue weighted by Gasteiger charge is -2.13. The number of nitrogens with zero attached hydrogens (tertiary/aromatic N) is 3. The maximum atomic E-state index is 12.9. The molecular weight excluding hydrogens is 476 g/mol. The zero-order chi connectivity index (χ0) is 23.8. The number of hydrogen-bond donors (Lipinski definition) is 1. The zero-order valence-electron chi connectivity index (χ0n) is 17.3. The van der Waals surface area contributed by atoms with Gasteiger partial charge in [0.05, 0.1) is 32.1 Å². The Hall–Kier alpha value is -4.09. The van der Waals surface area contributed by atoms with E-state index in [0.29, 0.717) is 21.2 Å². The first kappa shape index (κ1) is 21.7. The van der Waals surface area contributed by atoms with Crippen LogP contribution in [0.5, 0.6) is 0 Å². The molecule has 9 nitrogen and oxygen atoms in total. The number of thiazole rings is 1. The fourth-order valence-electron chi connectivity index (χ4n) is 3.59. The SMILES string of the molecule is O=C(CSc1nc2ccc(N3C(=O)c4cccc([N+](=O)[O-])c4C3=O)cc2s1)Nc1ccccc1. The summed E-state index contributed by atoms with van der Waals surface area (Å²) < 4.78 is 1.38. The number of anilines is 2. The Kier molecular flexibility index (Phi) is 5.56. The molecule has 0 unspecified atom stereocenters. The van der Waals surface area contributed by atoms with E-state index in [2.05, 4.69) is 10.3 Å². The maximum Gasteiger partial charge on any atom is 0.283 e. The van der Waals surface area contributed by atoms with Crippen LogP contribution in [0.2, 0.25) is 0 Å². The number of rotatable bonds is 6. The molecule has 1 aliphatic rings. The second-order valence-corrected chi connectivity index (χ2v) is 9.49. The Labute approximate surface area is 200 Å². The Morgan fingerprint density at radius 1 is 1.06 bits per heavy atom. The zero-order valence-corrected chi connectivity index (χ0v) is 18.9. The Morgan fingerprint density at radius 2 is 1.85 bits per heavy atom. The largest absolute Gasteiger partial charge is 0.325 e. The lowest BCUT2D eigenvalue weighted by molar-refractivity contribution is -0.385. The van der Waals surface area contributed by atoms with Gasteiger partial charge in [0.1, 0.15) is 5.56 Å². The topological polar surface area (TPSA) is 123 Å². The number of carbonyl (C=O) groups excluding carboxylic acids is 3. The molecule has 0 spiro atoms. The van der Waals surface area contributed by atoms with Gasteiger partial charge < -0.3 is 5.32 Å². The van der Waals surface area contributed by atoms with E-state index in [9.17, 15) is 24.5 Å². The van der Waals surface area contributed by atoms with Crippen molar-refractivity contribution in [1.29, 1.82) is 0 Å². The van der Waals surface area contributed by atoms with Crippen LogP contribution < -0.4 is 10.2 Å². The van der Waals surface area contributed by atoms with Crippen molar-refractivity contribution in [2.45, 2.75) is 4.34 Å². The first-order valence-corrected chi connectivity index (χ1v) is 11.8. The number of fused-ring (bicyclic) bond motifs is 2. The standard InChI is InChI=1S/C23H14N4O5S2/c28-19(24-13-5-2-1-3-6-13)12-33-23-25-16-10-9-14(11-18(16)34-23)26-21(29)15-7-4-8-17(27(31)32)20(15)22(26)30/h1-11H,12H2,(H,24,28). The van der Waals surface area contributed by atoms with E-state index in [1.165, 1.54) is 41.3 Å². The second-order valence-electron chi connectivity index (χ2n) is 7.24. The van der Waals surface area contributed by atoms with Crippen molar-refractivity contribution in [2.75, 3.05) is 16.0 Å². The first-order chi connectivity index (χ1) is 16.4. The Morgan fingerprint density at radius 3 is 2.62 bits per heavy atom. The van der Waals surface area contributed by atoms with Gasteiger partial charge in [0.2, 0.25) is 5.91 Å². The summed E-state index contributed by atoms with van der Waals surface area (Å²) in [6.07, 6.45) is 0. The van der Waals surface area contributed by atoms with Gasteiger partial charge in [0.25, 0.3) is 17.5 Å². The highest BCUT2D eigenvalue weighted by molar-refractivity contribution is 8.01. The second kappa shape index (κ2) is 8.69. The molecule has 4 aromatic rings. The number of amides is 3. The number of nitro benzene ring substituents is 1. The third-order valence-electron chi connectivity index (χ3n) is 5.08. The molecule has 1 aromatic heterocycles. The lowest BCUT2D eigenvalue weighted by atomic mass is 10.1. The molecule has 168 valence electrons.